The van der Waals surface area contributed by atoms with Crippen molar-refractivity contribution in [3.05, 3.63) is 119 Å². The number of carbonyl (C=O) groups is 6. The number of fused-ring (bicyclic) bond motifs is 5. The lowest BCUT2D eigenvalue weighted by atomic mass is 9.87. The highest BCUT2D eigenvalue weighted by atomic mass is 35.5. The van der Waals surface area contributed by atoms with Crippen molar-refractivity contribution in [2.45, 2.75) is 70.9 Å². The first kappa shape index (κ1) is 47.8. The average molecular weight is 903 g/mol. The first-order valence-corrected chi connectivity index (χ1v) is 22.1. The summed E-state index contributed by atoms with van der Waals surface area (Å²) in [6.45, 7) is 3.55. The molecule has 1 aliphatic heterocycles. The summed E-state index contributed by atoms with van der Waals surface area (Å²) in [5.41, 5.74) is 9.23. The topological polar surface area (TPSA) is 216 Å². The Bertz CT molecular complexity index is 2530. The van der Waals surface area contributed by atoms with Gasteiger partial charge in [0.05, 0.1) is 12.2 Å². The predicted octanol–water partition coefficient (Wildman–Crippen LogP) is 7.22. The number of likely N-dealkylation sites (N-methyl/N-ethyl adjacent to an activating group) is 1. The minimum Gasteiger partial charge on any atom is -0.507 e. The number of halogens is 1. The number of aromatic nitrogens is 2. The van der Waals surface area contributed by atoms with E-state index in [0.717, 1.165) is 11.1 Å². The summed E-state index contributed by atoms with van der Waals surface area (Å²) in [7, 11) is 3.04. The molecule has 340 valence electrons. The number of benzene rings is 4. The van der Waals surface area contributed by atoms with Gasteiger partial charge in [0, 0.05) is 78.9 Å². The van der Waals surface area contributed by atoms with Crippen molar-refractivity contribution in [1.82, 2.24) is 20.4 Å². The lowest BCUT2D eigenvalue weighted by Crippen LogP contribution is -2.46. The number of hydrogen-bond acceptors (Lipinski definition) is 10. The number of aromatic hydroxyl groups is 2. The van der Waals surface area contributed by atoms with Crippen LogP contribution in [-0.2, 0) is 30.4 Å². The third kappa shape index (κ3) is 11.6. The van der Waals surface area contributed by atoms with Crippen LogP contribution in [0.3, 0.4) is 0 Å². The number of nitrogens with zero attached hydrogens (tertiary/aromatic N) is 3. The van der Waals surface area contributed by atoms with Crippen LogP contribution in [0.1, 0.15) is 79.9 Å². The van der Waals surface area contributed by atoms with E-state index in [1.165, 1.54) is 47.3 Å². The van der Waals surface area contributed by atoms with Crippen LogP contribution < -0.4 is 16.0 Å². The van der Waals surface area contributed by atoms with Crippen LogP contribution in [-0.4, -0.2) is 87.1 Å². The molecule has 0 radical (unpaired) electrons. The SMILES string of the molecule is C[C@@H]1CC(=O)[C@@H](N(C)C(=O)[C@H](CCCCN)CC(=O)c2ccc(-c3ccc(Cl)cc3)cc2)c2ccc(O)c(c2)-c2cc(ccc2O)C[C@@H](C(=O)C[C@@H](C)C(=O)N(C)c2ccn[nH]2)NC1=O. The molecule has 0 saturated carbocycles. The van der Waals surface area contributed by atoms with E-state index >= 15 is 0 Å². The molecular weight excluding hydrogens is 848 g/mol. The fourth-order valence-corrected chi connectivity index (χ4v) is 8.43. The highest BCUT2D eigenvalue weighted by molar-refractivity contribution is 6.30. The second-order valence-corrected chi connectivity index (χ2v) is 17.4. The maximum atomic E-state index is 14.7. The summed E-state index contributed by atoms with van der Waals surface area (Å²) in [5.74, 6) is -5.19. The number of rotatable bonds is 15. The van der Waals surface area contributed by atoms with Crippen LogP contribution >= 0.6 is 11.6 Å². The van der Waals surface area contributed by atoms with E-state index in [4.69, 9.17) is 17.3 Å². The molecule has 6 N–H and O–H groups in total. The number of nitrogens with two attached hydrogens (primary N) is 1. The number of phenolic OH excluding ortho intramolecular Hbond substituents is 2. The van der Waals surface area contributed by atoms with Gasteiger partial charge in [0.1, 0.15) is 23.4 Å². The molecule has 4 bridgehead atoms. The molecule has 0 unspecified atom stereocenters. The number of ketones is 3. The Morgan fingerprint density at radius 1 is 0.831 bits per heavy atom. The quantitative estimate of drug-likeness (QED) is 0.0525. The Morgan fingerprint density at radius 2 is 1.48 bits per heavy atom. The van der Waals surface area contributed by atoms with Crippen molar-refractivity contribution >= 4 is 52.5 Å². The molecule has 14 nitrogen and oxygen atoms in total. The first-order chi connectivity index (χ1) is 31.1. The molecule has 0 aliphatic carbocycles. The van der Waals surface area contributed by atoms with Crippen LogP contribution in [0.2, 0.25) is 5.02 Å². The molecule has 4 aromatic carbocycles. The van der Waals surface area contributed by atoms with E-state index in [2.05, 4.69) is 15.5 Å². The second kappa shape index (κ2) is 21.4. The van der Waals surface area contributed by atoms with Gasteiger partial charge < -0.3 is 31.1 Å². The van der Waals surface area contributed by atoms with Crippen molar-refractivity contribution in [3.8, 4) is 33.8 Å². The summed E-state index contributed by atoms with van der Waals surface area (Å²) in [6, 6.07) is 22.6. The second-order valence-electron chi connectivity index (χ2n) is 16.9. The molecule has 1 aliphatic rings. The van der Waals surface area contributed by atoms with Crippen molar-refractivity contribution in [3.63, 3.8) is 0 Å². The summed E-state index contributed by atoms with van der Waals surface area (Å²) in [4.78, 5) is 87.1. The van der Waals surface area contributed by atoms with Crippen LogP contribution in [0.25, 0.3) is 22.3 Å². The molecule has 6 rings (SSSR count). The van der Waals surface area contributed by atoms with Gasteiger partial charge in [-0.1, -0.05) is 80.4 Å². The van der Waals surface area contributed by atoms with Gasteiger partial charge in [-0.2, -0.15) is 5.10 Å². The molecule has 0 saturated heterocycles. The number of nitrogens with one attached hydrogen (secondary N) is 2. The van der Waals surface area contributed by atoms with Crippen LogP contribution in [0.15, 0.2) is 97.2 Å². The molecule has 2 heterocycles. The number of aromatic amines is 1. The molecule has 0 fully saturated rings. The van der Waals surface area contributed by atoms with Gasteiger partial charge in [0.15, 0.2) is 17.3 Å². The third-order valence-electron chi connectivity index (χ3n) is 12.1. The Kier molecular flexibility index (Phi) is 15.7. The Labute approximate surface area is 383 Å². The minimum absolute atomic E-state index is 0.0209. The van der Waals surface area contributed by atoms with E-state index in [0.29, 0.717) is 53.3 Å². The fraction of sp³-hybridized carbons (Fsp3) is 0.340. The molecule has 1 aromatic heterocycles. The molecule has 5 aromatic rings. The van der Waals surface area contributed by atoms with E-state index < -0.39 is 53.2 Å². The Balaban J connectivity index is 1.30. The standard InChI is InChI=1S/C50H55ClN6O8/c1-29-23-45(62)47(57(4)50(65)36(7-5-6-21-52)28-43(60)34-11-9-32(10-12-34)33-13-16-37(51)17-14-33)35-15-19-42(59)39(27-35)38-25-31(8-18-41(38)58)26-40(54-48(29)63)44(61)24-30(2)49(64)56(3)46-20-22-53-55-46/h8-20,22,25,27,29-30,36,40,47,58-59H,5-7,21,23-24,26,28,52H2,1-4H3,(H,53,55)(H,54,63)/t29-,30-,36-,40+,47+/m1/s1. The van der Waals surface area contributed by atoms with Crippen molar-refractivity contribution in [1.29, 1.82) is 0 Å². The summed E-state index contributed by atoms with van der Waals surface area (Å²) in [6.07, 6.45) is 2.24. The number of amides is 3. The number of hydrogen-bond donors (Lipinski definition) is 5. The third-order valence-corrected chi connectivity index (χ3v) is 12.4. The lowest BCUT2D eigenvalue weighted by molar-refractivity contribution is -0.142. The van der Waals surface area contributed by atoms with Gasteiger partial charge in [-0.15, -0.1) is 0 Å². The van der Waals surface area contributed by atoms with Gasteiger partial charge in [-0.25, -0.2) is 0 Å². The zero-order valence-corrected chi connectivity index (χ0v) is 37.7. The Hall–Kier alpha value is -6.64. The maximum absolute atomic E-state index is 14.7. The van der Waals surface area contributed by atoms with Crippen molar-refractivity contribution in [2.75, 3.05) is 25.5 Å². The van der Waals surface area contributed by atoms with Crippen molar-refractivity contribution < 1.29 is 39.0 Å². The molecule has 65 heavy (non-hydrogen) atoms. The lowest BCUT2D eigenvalue weighted by Gasteiger charge is -2.32. The van der Waals surface area contributed by atoms with E-state index in [9.17, 15) is 39.0 Å². The molecule has 15 heteroatoms. The van der Waals surface area contributed by atoms with E-state index in [1.54, 1.807) is 63.4 Å². The number of H-pyrrole nitrogens is 1. The van der Waals surface area contributed by atoms with Crippen molar-refractivity contribution in [2.24, 2.45) is 23.5 Å². The highest BCUT2D eigenvalue weighted by Gasteiger charge is 2.36. The number of unbranched alkanes of at least 4 members (excludes halogenated alkanes) is 1. The van der Waals surface area contributed by atoms with E-state index in [1.807, 2.05) is 24.3 Å². The summed E-state index contributed by atoms with van der Waals surface area (Å²) >= 11 is 6.07. The van der Waals surface area contributed by atoms with Crippen LogP contribution in [0.4, 0.5) is 5.82 Å². The van der Waals surface area contributed by atoms with Gasteiger partial charge in [-0.3, -0.25) is 33.9 Å². The zero-order chi connectivity index (χ0) is 46.9. The largest absolute Gasteiger partial charge is 0.507 e. The normalized spacial score (nSPS) is 17.3. The molecule has 5 atom stereocenters. The smallest absolute Gasteiger partial charge is 0.231 e. The molecule has 3 amide bonds. The van der Waals surface area contributed by atoms with Gasteiger partial charge in [0.25, 0.3) is 0 Å². The highest BCUT2D eigenvalue weighted by Crippen LogP contribution is 2.40. The van der Waals surface area contributed by atoms with E-state index in [-0.39, 0.29) is 60.0 Å². The fourth-order valence-electron chi connectivity index (χ4n) is 8.30. The van der Waals surface area contributed by atoms with Gasteiger partial charge >= 0.3 is 0 Å². The first-order valence-electron chi connectivity index (χ1n) is 21.7. The maximum Gasteiger partial charge on any atom is 0.231 e. The van der Waals surface area contributed by atoms with Crippen LogP contribution in [0.5, 0.6) is 11.5 Å². The van der Waals surface area contributed by atoms with Gasteiger partial charge in [0.2, 0.25) is 17.7 Å². The van der Waals surface area contributed by atoms with Crippen LogP contribution in [0, 0.1) is 17.8 Å². The van der Waals surface area contributed by atoms with Gasteiger partial charge in [-0.05, 0) is 84.5 Å². The number of Topliss-reactive ketones (excluding diaryl/α,β-unsaturated/α-hetero) is 3. The Morgan fingerprint density at radius 3 is 2.12 bits per heavy atom. The summed E-state index contributed by atoms with van der Waals surface area (Å²) in [5, 5.41) is 32.4. The molecular formula is C50H55ClN6O8. The number of carbonyl (C=O) groups excluding carboxylic acids is 6. The minimum atomic E-state index is -1.28. The predicted molar refractivity (Wildman–Crippen MR) is 248 cm³/mol. The average Bonchev–Trinajstić information content (AvgIpc) is 3.84. The monoisotopic (exact) mass is 902 g/mol. The number of phenols is 2. The summed E-state index contributed by atoms with van der Waals surface area (Å²) < 4.78 is 0. The zero-order valence-electron chi connectivity index (χ0n) is 36.9. The molecule has 0 spiro atoms. The number of anilines is 1.